The number of aryl methyl sites for hydroxylation is 1. The van der Waals surface area contributed by atoms with Crippen LogP contribution in [0.5, 0.6) is 0 Å². The summed E-state index contributed by atoms with van der Waals surface area (Å²) in [6, 6.07) is 18.2. The van der Waals surface area contributed by atoms with Gasteiger partial charge in [-0.2, -0.15) is 0 Å². The molecule has 0 aliphatic heterocycles. The van der Waals surface area contributed by atoms with Crippen molar-refractivity contribution in [3.8, 4) is 0 Å². The number of benzene rings is 2. The van der Waals surface area contributed by atoms with Crippen molar-refractivity contribution < 1.29 is 9.59 Å². The Morgan fingerprint density at radius 2 is 1.57 bits per heavy atom. The summed E-state index contributed by atoms with van der Waals surface area (Å²) in [5.74, 6) is 0.0828. The fourth-order valence-corrected chi connectivity index (χ4v) is 2.64. The average molecular weight is 375 g/mol. The summed E-state index contributed by atoms with van der Waals surface area (Å²) in [6.45, 7) is 3.49. The molecule has 0 bridgehead atoms. The maximum absolute atomic E-state index is 12.4. The zero-order chi connectivity index (χ0) is 19.9. The van der Waals surface area contributed by atoms with Crippen LogP contribution in [0.25, 0.3) is 0 Å². The number of rotatable bonds is 6. The Balaban J connectivity index is 1.64. The number of carbonyl (C=O) groups is 2. The number of amides is 2. The van der Waals surface area contributed by atoms with Gasteiger partial charge >= 0.3 is 0 Å². The van der Waals surface area contributed by atoms with Crippen molar-refractivity contribution in [2.45, 2.75) is 20.3 Å². The molecule has 0 saturated carbocycles. The summed E-state index contributed by atoms with van der Waals surface area (Å²) >= 11 is 0. The SMILES string of the molecule is CCc1ccccc1NC(=O)c1ccc(Nc2ccc(NC(C)=O)cc2)nn1. The van der Waals surface area contributed by atoms with Gasteiger partial charge in [0, 0.05) is 24.0 Å². The number of anilines is 4. The van der Waals surface area contributed by atoms with Crippen molar-refractivity contribution in [2.24, 2.45) is 0 Å². The molecule has 1 aromatic heterocycles. The molecule has 142 valence electrons. The van der Waals surface area contributed by atoms with Crippen LogP contribution in [0.2, 0.25) is 0 Å². The lowest BCUT2D eigenvalue weighted by atomic mass is 10.1. The minimum atomic E-state index is -0.306. The van der Waals surface area contributed by atoms with E-state index in [1.807, 2.05) is 43.3 Å². The van der Waals surface area contributed by atoms with Crippen molar-refractivity contribution in [2.75, 3.05) is 16.0 Å². The lowest BCUT2D eigenvalue weighted by molar-refractivity contribution is -0.114. The number of carbonyl (C=O) groups excluding carboxylic acids is 2. The highest BCUT2D eigenvalue weighted by Crippen LogP contribution is 2.18. The van der Waals surface area contributed by atoms with E-state index in [0.717, 1.165) is 23.4 Å². The summed E-state index contributed by atoms with van der Waals surface area (Å²) in [5, 5.41) is 16.7. The lowest BCUT2D eigenvalue weighted by Crippen LogP contribution is -2.15. The molecule has 3 rings (SSSR count). The molecule has 0 aliphatic carbocycles. The Bertz CT molecular complexity index is 969. The van der Waals surface area contributed by atoms with Gasteiger partial charge in [0.15, 0.2) is 11.5 Å². The van der Waals surface area contributed by atoms with Gasteiger partial charge < -0.3 is 16.0 Å². The quantitative estimate of drug-likeness (QED) is 0.605. The van der Waals surface area contributed by atoms with Crippen LogP contribution in [-0.2, 0) is 11.2 Å². The van der Waals surface area contributed by atoms with Gasteiger partial charge in [-0.05, 0) is 54.4 Å². The van der Waals surface area contributed by atoms with E-state index in [4.69, 9.17) is 0 Å². The van der Waals surface area contributed by atoms with Crippen LogP contribution < -0.4 is 16.0 Å². The molecule has 0 spiro atoms. The number of hydrogen-bond donors (Lipinski definition) is 3. The second-order valence-corrected chi connectivity index (χ2v) is 6.15. The normalized spacial score (nSPS) is 10.2. The van der Waals surface area contributed by atoms with Crippen LogP contribution in [0.4, 0.5) is 22.9 Å². The van der Waals surface area contributed by atoms with Gasteiger partial charge in [0.05, 0.1) is 0 Å². The van der Waals surface area contributed by atoms with Crippen molar-refractivity contribution in [1.82, 2.24) is 10.2 Å². The molecule has 0 unspecified atom stereocenters. The molecular formula is C21H21N5O2. The van der Waals surface area contributed by atoms with Crippen molar-refractivity contribution in [3.63, 3.8) is 0 Å². The lowest BCUT2D eigenvalue weighted by Gasteiger charge is -2.10. The van der Waals surface area contributed by atoms with E-state index in [9.17, 15) is 9.59 Å². The average Bonchev–Trinajstić information content (AvgIpc) is 2.70. The maximum atomic E-state index is 12.4. The summed E-state index contributed by atoms with van der Waals surface area (Å²) in [5.41, 5.74) is 3.57. The zero-order valence-corrected chi connectivity index (χ0v) is 15.7. The van der Waals surface area contributed by atoms with Gasteiger partial charge in [0.1, 0.15) is 0 Å². The largest absolute Gasteiger partial charge is 0.339 e. The second-order valence-electron chi connectivity index (χ2n) is 6.15. The topological polar surface area (TPSA) is 96.0 Å². The minimum Gasteiger partial charge on any atom is -0.339 e. The summed E-state index contributed by atoms with van der Waals surface area (Å²) in [7, 11) is 0. The first-order chi connectivity index (χ1) is 13.5. The molecule has 7 heteroatoms. The van der Waals surface area contributed by atoms with E-state index in [-0.39, 0.29) is 17.5 Å². The minimum absolute atomic E-state index is 0.123. The van der Waals surface area contributed by atoms with E-state index in [0.29, 0.717) is 11.5 Å². The Kier molecular flexibility index (Phi) is 5.96. The Hall–Kier alpha value is -3.74. The maximum Gasteiger partial charge on any atom is 0.276 e. The van der Waals surface area contributed by atoms with Gasteiger partial charge in [-0.25, -0.2) is 0 Å². The molecule has 28 heavy (non-hydrogen) atoms. The molecule has 3 N–H and O–H groups in total. The second kappa shape index (κ2) is 8.77. The molecule has 7 nitrogen and oxygen atoms in total. The third-order valence-corrected chi connectivity index (χ3v) is 4.02. The highest BCUT2D eigenvalue weighted by molar-refractivity contribution is 6.03. The Morgan fingerprint density at radius 3 is 2.21 bits per heavy atom. The van der Waals surface area contributed by atoms with Crippen molar-refractivity contribution >= 4 is 34.7 Å². The molecule has 1 heterocycles. The van der Waals surface area contributed by atoms with Gasteiger partial charge in [0.2, 0.25) is 5.91 Å². The van der Waals surface area contributed by atoms with Crippen molar-refractivity contribution in [3.05, 3.63) is 71.9 Å². The summed E-state index contributed by atoms with van der Waals surface area (Å²) < 4.78 is 0. The smallest absolute Gasteiger partial charge is 0.276 e. The van der Waals surface area contributed by atoms with Gasteiger partial charge in [-0.3, -0.25) is 9.59 Å². The number of nitrogens with one attached hydrogen (secondary N) is 3. The zero-order valence-electron chi connectivity index (χ0n) is 15.7. The van der Waals surface area contributed by atoms with Gasteiger partial charge in [0.25, 0.3) is 5.91 Å². The van der Waals surface area contributed by atoms with Gasteiger partial charge in [-0.1, -0.05) is 25.1 Å². The van der Waals surface area contributed by atoms with Crippen LogP contribution in [0, 0.1) is 0 Å². The molecule has 2 aromatic carbocycles. The van der Waals surface area contributed by atoms with E-state index < -0.39 is 0 Å². The molecule has 0 fully saturated rings. The van der Waals surface area contributed by atoms with Gasteiger partial charge in [-0.15, -0.1) is 10.2 Å². The fraction of sp³-hybridized carbons (Fsp3) is 0.143. The first kappa shape index (κ1) is 19.0. The summed E-state index contributed by atoms with van der Waals surface area (Å²) in [6.07, 6.45) is 0.825. The third kappa shape index (κ3) is 4.91. The van der Waals surface area contributed by atoms with Crippen molar-refractivity contribution in [1.29, 1.82) is 0 Å². The predicted octanol–water partition coefficient (Wildman–Crippen LogP) is 3.99. The number of hydrogen-bond acceptors (Lipinski definition) is 5. The molecule has 0 aliphatic rings. The monoisotopic (exact) mass is 375 g/mol. The highest BCUT2D eigenvalue weighted by Gasteiger charge is 2.10. The van der Waals surface area contributed by atoms with Crippen LogP contribution >= 0.6 is 0 Å². The predicted molar refractivity (Wildman–Crippen MR) is 110 cm³/mol. The van der Waals surface area contributed by atoms with Crippen LogP contribution in [0.1, 0.15) is 29.9 Å². The highest BCUT2D eigenvalue weighted by atomic mass is 16.2. The molecule has 0 radical (unpaired) electrons. The Labute approximate surface area is 163 Å². The summed E-state index contributed by atoms with van der Waals surface area (Å²) in [4.78, 5) is 23.5. The third-order valence-electron chi connectivity index (χ3n) is 4.02. The Morgan fingerprint density at radius 1 is 0.857 bits per heavy atom. The van der Waals surface area contributed by atoms with E-state index in [2.05, 4.69) is 26.1 Å². The molecule has 0 atom stereocenters. The molecule has 2 amide bonds. The van der Waals surface area contributed by atoms with E-state index >= 15 is 0 Å². The van der Waals surface area contributed by atoms with Crippen LogP contribution in [0.15, 0.2) is 60.7 Å². The molecule has 0 saturated heterocycles. The van der Waals surface area contributed by atoms with E-state index in [1.54, 1.807) is 24.3 Å². The fourth-order valence-electron chi connectivity index (χ4n) is 2.64. The number of aromatic nitrogens is 2. The first-order valence-corrected chi connectivity index (χ1v) is 8.93. The standard InChI is InChI=1S/C21H21N5O2/c1-3-15-6-4-5-7-18(15)24-21(28)19-12-13-20(26-25-19)23-17-10-8-16(9-11-17)22-14(2)27/h4-13H,3H2,1-2H3,(H,22,27)(H,23,26)(H,24,28). The first-order valence-electron chi connectivity index (χ1n) is 8.93. The molecular weight excluding hydrogens is 354 g/mol. The van der Waals surface area contributed by atoms with E-state index in [1.165, 1.54) is 6.92 Å². The van der Waals surface area contributed by atoms with Crippen LogP contribution in [-0.4, -0.2) is 22.0 Å². The molecule has 3 aromatic rings. The number of para-hydroxylation sites is 1. The van der Waals surface area contributed by atoms with Crippen LogP contribution in [0.3, 0.4) is 0 Å². The number of nitrogens with zero attached hydrogens (tertiary/aromatic N) is 2.